The number of hydrogen-bond donors (Lipinski definition) is 1. The van der Waals surface area contributed by atoms with Crippen molar-refractivity contribution in [1.82, 2.24) is 4.79 Å². The zero-order valence-electron chi connectivity index (χ0n) is 7.17. The van der Waals surface area contributed by atoms with Gasteiger partial charge in [-0.25, -0.2) is 5.84 Å². The third kappa shape index (κ3) is 1.31. The van der Waals surface area contributed by atoms with Crippen LogP contribution >= 0.6 is 0 Å². The first kappa shape index (κ1) is 11.1. The highest BCUT2D eigenvalue weighted by Gasteiger charge is 2.54. The molecule has 1 aromatic heterocycles. The van der Waals surface area contributed by atoms with E-state index in [1.165, 1.54) is 0 Å². The molecule has 16 heavy (non-hydrogen) atoms. The summed E-state index contributed by atoms with van der Waals surface area (Å²) in [7, 11) is 0. The van der Waals surface area contributed by atoms with Gasteiger partial charge in [-0.15, -0.1) is 0 Å². The van der Waals surface area contributed by atoms with Crippen LogP contribution in [0.15, 0.2) is 0 Å². The lowest BCUT2D eigenvalue weighted by Crippen LogP contribution is -2.43. The van der Waals surface area contributed by atoms with E-state index in [9.17, 15) is 35.6 Å². The third-order valence-electron chi connectivity index (χ3n) is 1.55. The van der Waals surface area contributed by atoms with E-state index >= 15 is 0 Å². The maximum absolute atomic E-state index is 11.0. The average molecular weight is 234 g/mol. The second kappa shape index (κ2) is 3.30. The minimum absolute atomic E-state index is 0.323. The van der Waals surface area contributed by atoms with E-state index < -0.39 is 36.9 Å². The summed E-state index contributed by atoms with van der Waals surface area (Å²) in [6, 6.07) is 0. The first-order valence-corrected chi connectivity index (χ1v) is 3.35. The minimum Gasteiger partial charge on any atom is -0.572 e. The van der Waals surface area contributed by atoms with Crippen LogP contribution in [0, 0.1) is 35.6 Å². The maximum atomic E-state index is 11.0. The molecule has 86 valence electrons. The number of hydrogen-bond acceptors (Lipinski definition) is 8. The summed E-state index contributed by atoms with van der Waals surface area (Å²) in [4.78, 5) is 25.8. The molecular weight excluding hydrogens is 232 g/mol. The Labute approximate surface area is 84.3 Å². The Balaban J connectivity index is 3.76. The van der Waals surface area contributed by atoms with Crippen molar-refractivity contribution < 1.29 is 19.6 Å². The topological polar surface area (TPSA) is 187 Å². The van der Waals surface area contributed by atoms with Gasteiger partial charge in [0.2, 0.25) is 0 Å². The zero-order valence-corrected chi connectivity index (χ0v) is 7.17. The SMILES string of the molecule is Nn1c([N+](=O)[O-])c([N+](=O)[O-])c([N+](=O)[O-])[n+]1[O-]. The second-order valence-electron chi connectivity index (χ2n) is 2.38. The van der Waals surface area contributed by atoms with Crippen molar-refractivity contribution in [1.29, 1.82) is 0 Å². The molecule has 0 aliphatic heterocycles. The van der Waals surface area contributed by atoms with Gasteiger partial charge in [-0.2, -0.15) is 0 Å². The van der Waals surface area contributed by atoms with E-state index in [0.29, 0.717) is 0 Å². The molecule has 0 saturated heterocycles. The van der Waals surface area contributed by atoms with E-state index in [-0.39, 0.29) is 4.79 Å². The highest BCUT2D eigenvalue weighted by Crippen LogP contribution is 2.32. The van der Waals surface area contributed by atoms with Gasteiger partial charge in [0, 0.05) is 0 Å². The summed E-state index contributed by atoms with van der Waals surface area (Å²) >= 11 is 0. The Morgan fingerprint density at radius 3 is 1.88 bits per heavy atom. The van der Waals surface area contributed by atoms with Crippen LogP contribution < -0.4 is 10.7 Å². The minimum atomic E-state index is -1.61. The molecule has 1 rings (SSSR count). The van der Waals surface area contributed by atoms with Crippen LogP contribution in [0.5, 0.6) is 0 Å². The molecule has 2 N–H and O–H groups in total. The van der Waals surface area contributed by atoms with Gasteiger partial charge in [-0.1, -0.05) is 0 Å². The number of nitrogens with zero attached hydrogens (tertiary/aromatic N) is 5. The van der Waals surface area contributed by atoms with Crippen molar-refractivity contribution in [2.24, 2.45) is 0 Å². The summed E-state index contributed by atoms with van der Waals surface area (Å²) < 4.78 is 0. The number of rotatable bonds is 3. The predicted octanol–water partition coefficient (Wildman–Crippen LogP) is -1.44. The van der Waals surface area contributed by atoms with Crippen molar-refractivity contribution >= 4 is 17.3 Å². The smallest absolute Gasteiger partial charge is 0.572 e. The fraction of sp³-hybridized carbons (Fsp3) is 0. The highest BCUT2D eigenvalue weighted by molar-refractivity contribution is 5.56. The number of nitro groups is 3. The van der Waals surface area contributed by atoms with Crippen molar-refractivity contribution in [2.75, 3.05) is 5.84 Å². The number of aromatic nitrogens is 2. The first-order chi connectivity index (χ1) is 7.29. The van der Waals surface area contributed by atoms with Crippen LogP contribution in [0.4, 0.5) is 17.3 Å². The standard InChI is InChI=1S/C3H2N6O7/c4-5-2(8(13)14)1(7(11)12)3(6(5)10)9(15)16/h4H2. The molecule has 13 heteroatoms. The maximum Gasteiger partial charge on any atom is 0.644 e. The van der Waals surface area contributed by atoms with Gasteiger partial charge in [0.25, 0.3) is 0 Å². The summed E-state index contributed by atoms with van der Waals surface area (Å²) in [5, 5.41) is 42.0. The lowest BCUT2D eigenvalue weighted by Gasteiger charge is -1.88. The van der Waals surface area contributed by atoms with Crippen LogP contribution in [0.25, 0.3) is 0 Å². The molecule has 0 spiro atoms. The van der Waals surface area contributed by atoms with Crippen LogP contribution in [0.1, 0.15) is 0 Å². The van der Waals surface area contributed by atoms with Gasteiger partial charge >= 0.3 is 17.3 Å². The Hall–Kier alpha value is -2.99. The van der Waals surface area contributed by atoms with E-state index in [1.54, 1.807) is 0 Å². The number of nitrogen functional groups attached to an aromatic ring is 1. The Morgan fingerprint density at radius 1 is 1.06 bits per heavy atom. The molecule has 0 saturated carbocycles. The molecule has 0 aliphatic rings. The van der Waals surface area contributed by atoms with E-state index in [1.807, 2.05) is 0 Å². The van der Waals surface area contributed by atoms with Crippen molar-refractivity contribution in [3.05, 3.63) is 35.6 Å². The molecule has 1 heterocycles. The predicted molar refractivity (Wildman–Crippen MR) is 43.5 cm³/mol. The molecule has 0 amide bonds. The second-order valence-corrected chi connectivity index (χ2v) is 2.38. The molecule has 13 nitrogen and oxygen atoms in total. The van der Waals surface area contributed by atoms with Crippen LogP contribution in [0.3, 0.4) is 0 Å². The zero-order chi connectivity index (χ0) is 12.6. The van der Waals surface area contributed by atoms with Gasteiger partial charge in [-0.3, -0.25) is 20.2 Å². The molecule has 0 aliphatic carbocycles. The van der Waals surface area contributed by atoms with E-state index in [4.69, 9.17) is 5.84 Å². The van der Waals surface area contributed by atoms with Crippen molar-refractivity contribution in [3.63, 3.8) is 0 Å². The van der Waals surface area contributed by atoms with Gasteiger partial charge in [-0.05, 0) is 4.92 Å². The number of nitrogens with two attached hydrogens (primary N) is 1. The molecule has 0 unspecified atom stereocenters. The fourth-order valence-electron chi connectivity index (χ4n) is 0.977. The van der Waals surface area contributed by atoms with Crippen molar-refractivity contribution in [2.45, 2.75) is 0 Å². The monoisotopic (exact) mass is 234 g/mol. The largest absolute Gasteiger partial charge is 0.644 e. The average Bonchev–Trinajstić information content (AvgIpc) is 2.39. The van der Waals surface area contributed by atoms with Crippen molar-refractivity contribution in [3.8, 4) is 0 Å². The summed E-state index contributed by atoms with van der Waals surface area (Å²) in [6.45, 7) is 0. The molecule has 0 fully saturated rings. The van der Waals surface area contributed by atoms with Crippen LogP contribution in [-0.4, -0.2) is 19.6 Å². The summed E-state index contributed by atoms with van der Waals surface area (Å²) in [5.41, 5.74) is -1.56. The molecule has 0 atom stereocenters. The summed E-state index contributed by atoms with van der Waals surface area (Å²) in [6.07, 6.45) is 0. The fourth-order valence-corrected chi connectivity index (χ4v) is 0.977. The Kier molecular flexibility index (Phi) is 2.29. The Morgan fingerprint density at radius 2 is 1.56 bits per heavy atom. The van der Waals surface area contributed by atoms with Gasteiger partial charge in [0.15, 0.2) is 0 Å². The lowest BCUT2D eigenvalue weighted by atomic mass is 10.5. The lowest BCUT2D eigenvalue weighted by molar-refractivity contribution is -0.731. The normalized spacial score (nSPS) is 10.0. The molecular formula is C3H2N6O7. The van der Waals surface area contributed by atoms with E-state index in [2.05, 4.69) is 0 Å². The van der Waals surface area contributed by atoms with Gasteiger partial charge < -0.3 is 15.3 Å². The van der Waals surface area contributed by atoms with Gasteiger partial charge in [0.1, 0.15) is 14.6 Å². The van der Waals surface area contributed by atoms with Crippen LogP contribution in [0.2, 0.25) is 0 Å². The molecule has 0 radical (unpaired) electrons. The van der Waals surface area contributed by atoms with E-state index in [0.717, 1.165) is 0 Å². The molecule has 1 aromatic rings. The molecule has 0 bridgehead atoms. The first-order valence-electron chi connectivity index (χ1n) is 3.35. The summed E-state index contributed by atoms with van der Waals surface area (Å²) in [5.74, 6) is 1.72. The Bertz CT molecular complexity index is 465. The molecule has 0 aromatic carbocycles. The highest BCUT2D eigenvalue weighted by atomic mass is 16.7. The van der Waals surface area contributed by atoms with Gasteiger partial charge in [0.05, 0.1) is 4.92 Å². The van der Waals surface area contributed by atoms with Crippen LogP contribution in [-0.2, 0) is 0 Å². The third-order valence-corrected chi connectivity index (χ3v) is 1.55. The quantitative estimate of drug-likeness (QED) is 0.216.